The van der Waals surface area contributed by atoms with Crippen molar-refractivity contribution in [1.82, 2.24) is 0 Å². The molecular formula is C17H19ClFNO6Si. The Kier molecular flexibility index (Phi) is 7.39. The van der Waals surface area contributed by atoms with Crippen LogP contribution in [0.5, 0.6) is 0 Å². The number of hydrogen-bond acceptors (Lipinski definition) is 6. The van der Waals surface area contributed by atoms with E-state index in [1.54, 1.807) is 0 Å². The summed E-state index contributed by atoms with van der Waals surface area (Å²) in [7, 11) is 1.12. The van der Waals surface area contributed by atoms with Gasteiger partial charge in [-0.25, -0.2) is 18.8 Å². The molecule has 0 heterocycles. The zero-order valence-electron chi connectivity index (χ0n) is 15.7. The van der Waals surface area contributed by atoms with Crippen LogP contribution in [0.1, 0.15) is 15.9 Å². The number of rotatable bonds is 2. The number of esters is 1. The molecule has 0 saturated carbocycles. The minimum Gasteiger partial charge on any atom is -0.465 e. The number of ether oxygens (including phenoxy) is 3. The lowest BCUT2D eigenvalue weighted by Gasteiger charge is -2.22. The molecule has 0 spiro atoms. The molecule has 1 aromatic rings. The Labute approximate surface area is 162 Å². The van der Waals surface area contributed by atoms with Gasteiger partial charge in [0.2, 0.25) is 0 Å². The smallest absolute Gasteiger partial charge is 0.423 e. The van der Waals surface area contributed by atoms with Gasteiger partial charge in [-0.05, 0) is 6.07 Å². The van der Waals surface area contributed by atoms with Crippen LogP contribution >= 0.6 is 11.6 Å². The van der Waals surface area contributed by atoms with Crippen LogP contribution in [0.3, 0.4) is 0 Å². The molecule has 0 aliphatic rings. The topological polar surface area (TPSA) is 82.1 Å². The van der Waals surface area contributed by atoms with Gasteiger partial charge in [-0.15, -0.1) is 5.54 Å². The molecule has 10 heteroatoms. The van der Waals surface area contributed by atoms with Gasteiger partial charge in [0.05, 0.1) is 37.6 Å². The minimum atomic E-state index is -1.92. The van der Waals surface area contributed by atoms with Crippen molar-refractivity contribution in [2.75, 3.05) is 26.2 Å². The molecule has 0 aromatic heterocycles. The molecule has 0 saturated heterocycles. The predicted octanol–water partition coefficient (Wildman–Crippen LogP) is 3.83. The van der Waals surface area contributed by atoms with E-state index >= 15 is 0 Å². The zero-order chi connectivity index (χ0) is 20.9. The van der Waals surface area contributed by atoms with E-state index < -0.39 is 48.3 Å². The molecule has 0 unspecified atom stereocenters. The summed E-state index contributed by atoms with van der Waals surface area (Å²) in [5.74, 6) is 0.449. The van der Waals surface area contributed by atoms with E-state index in [1.165, 1.54) is 0 Å². The predicted molar refractivity (Wildman–Crippen MR) is 100 cm³/mol. The molecule has 0 aliphatic carbocycles. The van der Waals surface area contributed by atoms with Crippen molar-refractivity contribution in [2.45, 2.75) is 19.6 Å². The highest BCUT2D eigenvalue weighted by Crippen LogP contribution is 2.34. The second-order valence-electron chi connectivity index (χ2n) is 6.21. The highest BCUT2D eigenvalue weighted by molar-refractivity contribution is 6.83. The number of carbonyl (C=O) groups is 3. The van der Waals surface area contributed by atoms with Crippen molar-refractivity contribution in [2.24, 2.45) is 0 Å². The molecule has 7 nitrogen and oxygen atoms in total. The molecule has 0 radical (unpaired) electrons. The van der Waals surface area contributed by atoms with Crippen LogP contribution in [0.15, 0.2) is 6.07 Å². The molecule has 1 aromatic carbocycles. The lowest BCUT2D eigenvalue weighted by atomic mass is 10.1. The molecule has 146 valence electrons. The van der Waals surface area contributed by atoms with Gasteiger partial charge >= 0.3 is 18.2 Å². The molecule has 0 N–H and O–H groups in total. The summed E-state index contributed by atoms with van der Waals surface area (Å²) in [6, 6.07) is 1.12. The fraction of sp³-hybridized carbons (Fsp3) is 0.353. The van der Waals surface area contributed by atoms with Crippen LogP contribution in [0.2, 0.25) is 24.7 Å². The third-order valence-electron chi connectivity index (χ3n) is 3.09. The molecule has 0 bridgehead atoms. The van der Waals surface area contributed by atoms with E-state index in [0.717, 1.165) is 27.4 Å². The van der Waals surface area contributed by atoms with Gasteiger partial charge in [-0.2, -0.15) is 4.90 Å². The van der Waals surface area contributed by atoms with Gasteiger partial charge < -0.3 is 14.2 Å². The van der Waals surface area contributed by atoms with E-state index in [9.17, 15) is 18.8 Å². The summed E-state index contributed by atoms with van der Waals surface area (Å²) >= 11 is 5.88. The molecule has 0 fully saturated rings. The van der Waals surface area contributed by atoms with Gasteiger partial charge in [0.1, 0.15) is 13.6 Å². The normalized spacial score (nSPS) is 10.4. The first-order chi connectivity index (χ1) is 12.5. The number of hydrogen-bond donors (Lipinski definition) is 0. The second-order valence-corrected chi connectivity index (χ2v) is 11.4. The average Bonchev–Trinajstić information content (AvgIpc) is 2.61. The number of halogens is 2. The number of benzene rings is 1. The Morgan fingerprint density at radius 1 is 1.07 bits per heavy atom. The van der Waals surface area contributed by atoms with E-state index in [4.69, 9.17) is 11.6 Å². The maximum Gasteiger partial charge on any atom is 0.423 e. The van der Waals surface area contributed by atoms with Crippen LogP contribution in [-0.4, -0.2) is 47.6 Å². The first-order valence-corrected chi connectivity index (χ1v) is 11.5. The van der Waals surface area contributed by atoms with Crippen LogP contribution in [-0.2, 0) is 14.2 Å². The number of anilines is 1. The molecule has 1 rings (SSSR count). The lowest BCUT2D eigenvalue weighted by Crippen LogP contribution is -2.39. The van der Waals surface area contributed by atoms with E-state index in [0.29, 0.717) is 4.90 Å². The van der Waals surface area contributed by atoms with Gasteiger partial charge in [-0.3, -0.25) is 0 Å². The maximum absolute atomic E-state index is 14.6. The third kappa shape index (κ3) is 5.21. The summed E-state index contributed by atoms with van der Waals surface area (Å²) < 4.78 is 28.4. The van der Waals surface area contributed by atoms with Crippen molar-refractivity contribution >= 4 is 43.5 Å². The van der Waals surface area contributed by atoms with Crippen molar-refractivity contribution in [3.63, 3.8) is 0 Å². The average molecular weight is 416 g/mol. The Balaban J connectivity index is 4.01. The molecular weight excluding hydrogens is 397 g/mol. The highest BCUT2D eigenvalue weighted by atomic mass is 35.5. The monoisotopic (exact) mass is 415 g/mol. The second kappa shape index (κ2) is 8.88. The molecule has 27 heavy (non-hydrogen) atoms. The zero-order valence-corrected chi connectivity index (χ0v) is 17.5. The quantitative estimate of drug-likeness (QED) is 0.316. The first kappa shape index (κ1) is 22.5. The third-order valence-corrected chi connectivity index (χ3v) is 4.24. The number of imide groups is 1. The number of amides is 2. The van der Waals surface area contributed by atoms with Gasteiger partial charge in [0, 0.05) is 0 Å². The standard InChI is InChI=1S/C17H19ClFNO6Si/c1-24-15(21)12-13(19)11(18)9-10(7-8-27(4,5)6)14(12)20(16(22)25-2)17(23)26-3/h9H,1-6H3. The molecule has 2 amide bonds. The number of methoxy groups -OCH3 is 3. The van der Waals surface area contributed by atoms with E-state index in [2.05, 4.69) is 25.7 Å². The fourth-order valence-corrected chi connectivity index (χ4v) is 2.64. The Morgan fingerprint density at radius 3 is 2.00 bits per heavy atom. The van der Waals surface area contributed by atoms with Gasteiger partial charge in [0.15, 0.2) is 5.82 Å². The summed E-state index contributed by atoms with van der Waals surface area (Å²) in [4.78, 5) is 36.9. The SMILES string of the molecule is COC(=O)c1c(F)c(Cl)cc(C#C[Si](C)(C)C)c1N(C(=O)OC)C(=O)OC. The Bertz CT molecular complexity index is 825. The minimum absolute atomic E-state index is 0.0278. The van der Waals surface area contributed by atoms with Crippen LogP contribution in [0.4, 0.5) is 19.7 Å². The van der Waals surface area contributed by atoms with Gasteiger partial charge in [-0.1, -0.05) is 37.2 Å². The van der Waals surface area contributed by atoms with Crippen molar-refractivity contribution < 1.29 is 33.0 Å². The Morgan fingerprint density at radius 2 is 1.59 bits per heavy atom. The highest BCUT2D eigenvalue weighted by Gasteiger charge is 2.35. The van der Waals surface area contributed by atoms with Crippen molar-refractivity contribution in [1.29, 1.82) is 0 Å². The van der Waals surface area contributed by atoms with Crippen LogP contribution in [0, 0.1) is 17.3 Å². The largest absolute Gasteiger partial charge is 0.465 e. The molecule has 0 aliphatic heterocycles. The summed E-state index contributed by atoms with van der Waals surface area (Å²) in [5, 5.41) is -0.422. The Hall–Kier alpha value is -2.57. The molecule has 0 atom stereocenters. The lowest BCUT2D eigenvalue weighted by molar-refractivity contribution is 0.0596. The van der Waals surface area contributed by atoms with E-state index in [-0.39, 0.29) is 5.56 Å². The first-order valence-electron chi connectivity index (χ1n) is 7.58. The maximum atomic E-state index is 14.6. The summed E-state index contributed by atoms with van der Waals surface area (Å²) in [6.07, 6.45) is -2.41. The summed E-state index contributed by atoms with van der Waals surface area (Å²) in [6.45, 7) is 5.85. The van der Waals surface area contributed by atoms with Crippen molar-refractivity contribution in [3.8, 4) is 11.5 Å². The number of nitrogens with zero attached hydrogens (tertiary/aromatic N) is 1. The number of carbonyl (C=O) groups excluding carboxylic acids is 3. The van der Waals surface area contributed by atoms with E-state index in [1.807, 2.05) is 19.6 Å². The summed E-state index contributed by atoms with van der Waals surface area (Å²) in [5.41, 5.74) is 1.78. The fourth-order valence-electron chi connectivity index (χ4n) is 1.93. The van der Waals surface area contributed by atoms with Crippen LogP contribution in [0.25, 0.3) is 0 Å². The van der Waals surface area contributed by atoms with Crippen molar-refractivity contribution in [3.05, 3.63) is 28.0 Å². The van der Waals surface area contributed by atoms with Gasteiger partial charge in [0.25, 0.3) is 0 Å². The van der Waals surface area contributed by atoms with Crippen LogP contribution < -0.4 is 4.90 Å².